The minimum Gasteiger partial charge on any atom is -0.346 e. The number of nitrogens with zero attached hydrogens (tertiary/aromatic N) is 6. The topological polar surface area (TPSA) is 59.7 Å². The fourth-order valence-electron chi connectivity index (χ4n) is 2.60. The highest BCUT2D eigenvalue weighted by Gasteiger charge is 2.20. The molecular weight excluding hydrogens is 252 g/mol. The van der Waals surface area contributed by atoms with Crippen molar-refractivity contribution in [3.63, 3.8) is 0 Å². The third-order valence-corrected chi connectivity index (χ3v) is 3.70. The van der Waals surface area contributed by atoms with Gasteiger partial charge in [0.05, 0.1) is 23.8 Å². The Balaban J connectivity index is 1.70. The van der Waals surface area contributed by atoms with Gasteiger partial charge in [-0.2, -0.15) is 0 Å². The van der Waals surface area contributed by atoms with Gasteiger partial charge in [0.1, 0.15) is 11.6 Å². The van der Waals surface area contributed by atoms with E-state index in [9.17, 15) is 0 Å². The second-order valence-electron chi connectivity index (χ2n) is 4.95. The number of para-hydroxylation sites is 2. The number of hydrogen-bond donors (Lipinski definition) is 0. The molecule has 1 aliphatic heterocycles. The second kappa shape index (κ2) is 4.26. The molecule has 0 bridgehead atoms. The van der Waals surface area contributed by atoms with Crippen LogP contribution in [0.1, 0.15) is 11.6 Å². The summed E-state index contributed by atoms with van der Waals surface area (Å²) in [5.74, 6) is 2.86. The van der Waals surface area contributed by atoms with E-state index in [1.807, 2.05) is 37.4 Å². The normalized spacial score (nSPS) is 14.6. The van der Waals surface area contributed by atoms with Crippen molar-refractivity contribution in [1.29, 1.82) is 0 Å². The number of aromatic nitrogens is 5. The monoisotopic (exact) mass is 266 g/mol. The quantitative estimate of drug-likeness (QED) is 0.669. The largest absolute Gasteiger partial charge is 0.346 e. The third kappa shape index (κ3) is 1.72. The Kier molecular flexibility index (Phi) is 2.42. The van der Waals surface area contributed by atoms with Crippen LogP contribution in [-0.4, -0.2) is 31.3 Å². The van der Waals surface area contributed by atoms with Gasteiger partial charge in [-0.15, -0.1) is 10.2 Å². The Bertz CT molecular complexity index is 778. The SMILES string of the molecule is Cc1nnc2n1CCN(c1cnc3ccccc3n1)C2. The Hall–Kier alpha value is -2.50. The zero-order chi connectivity index (χ0) is 13.5. The van der Waals surface area contributed by atoms with Crippen molar-refractivity contribution in [3.8, 4) is 0 Å². The van der Waals surface area contributed by atoms with Crippen LogP contribution in [0.25, 0.3) is 11.0 Å². The highest BCUT2D eigenvalue weighted by Crippen LogP contribution is 2.20. The van der Waals surface area contributed by atoms with E-state index in [0.717, 1.165) is 48.1 Å². The van der Waals surface area contributed by atoms with Gasteiger partial charge < -0.3 is 9.47 Å². The summed E-state index contributed by atoms with van der Waals surface area (Å²) < 4.78 is 2.16. The minimum absolute atomic E-state index is 0.730. The van der Waals surface area contributed by atoms with Gasteiger partial charge in [-0.3, -0.25) is 4.98 Å². The first-order chi connectivity index (χ1) is 9.81. The molecule has 100 valence electrons. The van der Waals surface area contributed by atoms with Gasteiger partial charge in [0.2, 0.25) is 0 Å². The predicted octanol–water partition coefficient (Wildman–Crippen LogP) is 1.55. The molecule has 1 aliphatic rings. The van der Waals surface area contributed by atoms with E-state index in [1.165, 1.54) is 0 Å². The Morgan fingerprint density at radius 1 is 1.05 bits per heavy atom. The smallest absolute Gasteiger partial charge is 0.152 e. The number of rotatable bonds is 1. The van der Waals surface area contributed by atoms with Crippen molar-refractivity contribution in [2.75, 3.05) is 11.4 Å². The molecule has 0 fully saturated rings. The molecule has 3 aromatic rings. The van der Waals surface area contributed by atoms with Crippen LogP contribution in [0, 0.1) is 6.92 Å². The van der Waals surface area contributed by atoms with Crippen molar-refractivity contribution < 1.29 is 0 Å². The van der Waals surface area contributed by atoms with Gasteiger partial charge in [-0.25, -0.2) is 4.98 Å². The molecule has 0 saturated heterocycles. The van der Waals surface area contributed by atoms with Crippen LogP contribution in [-0.2, 0) is 13.1 Å². The Labute approximate surface area is 116 Å². The standard InChI is InChI=1S/C14H14N6/c1-10-17-18-14-9-19(6-7-20(10)14)13-8-15-11-4-2-3-5-12(11)16-13/h2-5,8H,6-7,9H2,1H3. The van der Waals surface area contributed by atoms with E-state index in [0.29, 0.717) is 0 Å². The van der Waals surface area contributed by atoms with Crippen molar-refractivity contribution >= 4 is 16.9 Å². The maximum absolute atomic E-state index is 4.68. The van der Waals surface area contributed by atoms with Crippen molar-refractivity contribution in [3.05, 3.63) is 42.1 Å². The van der Waals surface area contributed by atoms with E-state index in [2.05, 4.69) is 29.6 Å². The zero-order valence-corrected chi connectivity index (χ0v) is 11.2. The molecule has 0 atom stereocenters. The van der Waals surface area contributed by atoms with E-state index in [4.69, 9.17) is 0 Å². The van der Waals surface area contributed by atoms with Gasteiger partial charge in [-0.05, 0) is 19.1 Å². The van der Waals surface area contributed by atoms with Gasteiger partial charge in [0.15, 0.2) is 5.82 Å². The molecule has 3 heterocycles. The molecule has 6 heteroatoms. The lowest BCUT2D eigenvalue weighted by Crippen LogP contribution is -2.34. The van der Waals surface area contributed by atoms with Crippen molar-refractivity contribution in [1.82, 2.24) is 24.7 Å². The molecule has 0 aliphatic carbocycles. The van der Waals surface area contributed by atoms with Crippen LogP contribution < -0.4 is 4.90 Å². The molecule has 0 unspecified atom stereocenters. The van der Waals surface area contributed by atoms with Gasteiger partial charge >= 0.3 is 0 Å². The second-order valence-corrected chi connectivity index (χ2v) is 4.95. The predicted molar refractivity (Wildman–Crippen MR) is 75.3 cm³/mol. The Morgan fingerprint density at radius 3 is 2.80 bits per heavy atom. The third-order valence-electron chi connectivity index (χ3n) is 3.70. The summed E-state index contributed by atoms with van der Waals surface area (Å²) in [4.78, 5) is 11.4. The summed E-state index contributed by atoms with van der Waals surface area (Å²) >= 11 is 0. The number of benzene rings is 1. The van der Waals surface area contributed by atoms with Gasteiger partial charge in [0.25, 0.3) is 0 Å². The van der Waals surface area contributed by atoms with E-state index in [-0.39, 0.29) is 0 Å². The highest BCUT2D eigenvalue weighted by atomic mass is 15.3. The van der Waals surface area contributed by atoms with Crippen LogP contribution in [0.5, 0.6) is 0 Å². The lowest BCUT2D eigenvalue weighted by atomic mass is 10.3. The number of anilines is 1. The van der Waals surface area contributed by atoms with Crippen LogP contribution >= 0.6 is 0 Å². The fourth-order valence-corrected chi connectivity index (χ4v) is 2.60. The van der Waals surface area contributed by atoms with E-state index < -0.39 is 0 Å². The first-order valence-electron chi connectivity index (χ1n) is 6.67. The molecule has 0 amide bonds. The minimum atomic E-state index is 0.730. The van der Waals surface area contributed by atoms with Crippen molar-refractivity contribution in [2.45, 2.75) is 20.0 Å². The van der Waals surface area contributed by atoms with Crippen LogP contribution in [0.3, 0.4) is 0 Å². The summed E-state index contributed by atoms with van der Waals surface area (Å²) in [6.07, 6.45) is 1.83. The lowest BCUT2D eigenvalue weighted by molar-refractivity contribution is 0.547. The first kappa shape index (κ1) is 11.3. The zero-order valence-electron chi connectivity index (χ0n) is 11.2. The number of fused-ring (bicyclic) bond motifs is 2. The van der Waals surface area contributed by atoms with Crippen LogP contribution in [0.4, 0.5) is 5.82 Å². The van der Waals surface area contributed by atoms with E-state index >= 15 is 0 Å². The highest BCUT2D eigenvalue weighted by molar-refractivity contribution is 5.75. The maximum atomic E-state index is 4.68. The molecule has 6 nitrogen and oxygen atoms in total. The summed E-state index contributed by atoms with van der Waals surface area (Å²) in [5, 5.41) is 8.34. The van der Waals surface area contributed by atoms with Crippen LogP contribution in [0.15, 0.2) is 30.5 Å². The molecule has 2 aromatic heterocycles. The first-order valence-corrected chi connectivity index (χ1v) is 6.67. The van der Waals surface area contributed by atoms with Crippen molar-refractivity contribution in [2.24, 2.45) is 0 Å². The molecule has 0 radical (unpaired) electrons. The van der Waals surface area contributed by atoms with Crippen LogP contribution in [0.2, 0.25) is 0 Å². The Morgan fingerprint density at radius 2 is 1.90 bits per heavy atom. The molecule has 1 aromatic carbocycles. The molecule has 0 saturated carbocycles. The number of hydrogen-bond acceptors (Lipinski definition) is 5. The van der Waals surface area contributed by atoms with E-state index in [1.54, 1.807) is 0 Å². The molecule has 4 rings (SSSR count). The summed E-state index contributed by atoms with van der Waals surface area (Å²) in [7, 11) is 0. The molecule has 0 spiro atoms. The molecule has 20 heavy (non-hydrogen) atoms. The summed E-state index contributed by atoms with van der Waals surface area (Å²) in [5.41, 5.74) is 1.85. The maximum Gasteiger partial charge on any atom is 0.152 e. The average Bonchev–Trinajstić information content (AvgIpc) is 2.88. The number of aryl methyl sites for hydroxylation is 1. The molecule has 0 N–H and O–H groups in total. The van der Waals surface area contributed by atoms with Gasteiger partial charge in [0, 0.05) is 13.1 Å². The summed E-state index contributed by atoms with van der Waals surface area (Å²) in [6, 6.07) is 7.92. The summed E-state index contributed by atoms with van der Waals surface area (Å²) in [6.45, 7) is 4.51. The fraction of sp³-hybridized carbons (Fsp3) is 0.286. The lowest BCUT2D eigenvalue weighted by Gasteiger charge is -2.28. The van der Waals surface area contributed by atoms with Gasteiger partial charge in [-0.1, -0.05) is 12.1 Å². The molecular formula is C14H14N6. The average molecular weight is 266 g/mol.